The zero-order chi connectivity index (χ0) is 16.8. The summed E-state index contributed by atoms with van der Waals surface area (Å²) in [6, 6.07) is 10.6. The molecule has 0 saturated carbocycles. The number of nitrogens with zero attached hydrogens (tertiary/aromatic N) is 1. The normalized spacial score (nSPS) is 10.7. The van der Waals surface area contributed by atoms with Crippen molar-refractivity contribution in [1.29, 1.82) is 0 Å². The van der Waals surface area contributed by atoms with Gasteiger partial charge in [-0.15, -0.1) is 0 Å². The molecule has 0 heterocycles. The SMILES string of the molecule is NC(=S)N/N=C\c1cccc(OCc2c(Cl)ccc(Cl)c2Cl)c1. The number of thiocarbonyl (C=S) groups is 1. The standard InChI is InChI=1S/C15H12Cl3N3OS/c16-12-4-5-13(17)14(18)11(12)8-22-10-3-1-2-9(6-10)7-20-21-15(19)23/h1-7H,8H2,(H3,19,21,23)/b20-7-. The molecule has 2 aromatic rings. The molecule has 0 unspecified atom stereocenters. The smallest absolute Gasteiger partial charge is 0.184 e. The van der Waals surface area contributed by atoms with Crippen LogP contribution in [0.15, 0.2) is 41.5 Å². The number of hydrazone groups is 1. The Hall–Kier alpha value is -1.53. The maximum Gasteiger partial charge on any atom is 0.184 e. The maximum absolute atomic E-state index is 6.14. The van der Waals surface area contributed by atoms with E-state index in [9.17, 15) is 0 Å². The summed E-state index contributed by atoms with van der Waals surface area (Å²) in [5.74, 6) is 0.636. The van der Waals surface area contributed by atoms with E-state index in [0.29, 0.717) is 26.4 Å². The fourth-order valence-electron chi connectivity index (χ4n) is 1.71. The molecule has 0 aliphatic rings. The van der Waals surface area contributed by atoms with Gasteiger partial charge in [0.2, 0.25) is 0 Å². The predicted octanol–water partition coefficient (Wildman–Crippen LogP) is 4.39. The second kappa shape index (κ2) is 8.36. The van der Waals surface area contributed by atoms with Crippen molar-refractivity contribution in [2.24, 2.45) is 10.8 Å². The van der Waals surface area contributed by atoms with Gasteiger partial charge in [0.25, 0.3) is 0 Å². The van der Waals surface area contributed by atoms with E-state index in [1.54, 1.807) is 24.4 Å². The Bertz CT molecular complexity index is 753. The highest BCUT2D eigenvalue weighted by atomic mass is 35.5. The van der Waals surface area contributed by atoms with Gasteiger partial charge in [-0.1, -0.05) is 46.9 Å². The number of nitrogens with one attached hydrogen (secondary N) is 1. The van der Waals surface area contributed by atoms with Gasteiger partial charge in [-0.2, -0.15) is 5.10 Å². The summed E-state index contributed by atoms with van der Waals surface area (Å²) in [4.78, 5) is 0. The Balaban J connectivity index is 2.08. The van der Waals surface area contributed by atoms with E-state index in [4.69, 9.17) is 45.3 Å². The monoisotopic (exact) mass is 387 g/mol. The van der Waals surface area contributed by atoms with Crippen LogP contribution in [0.4, 0.5) is 0 Å². The van der Waals surface area contributed by atoms with E-state index in [2.05, 4.69) is 22.7 Å². The van der Waals surface area contributed by atoms with Crippen molar-refractivity contribution in [2.75, 3.05) is 0 Å². The highest BCUT2D eigenvalue weighted by Gasteiger charge is 2.10. The third-order valence-corrected chi connectivity index (χ3v) is 4.06. The number of benzene rings is 2. The van der Waals surface area contributed by atoms with Crippen LogP contribution in [0.2, 0.25) is 15.1 Å². The lowest BCUT2D eigenvalue weighted by Gasteiger charge is -2.11. The largest absolute Gasteiger partial charge is 0.489 e. The van der Waals surface area contributed by atoms with Crippen LogP contribution in [-0.4, -0.2) is 11.3 Å². The third-order valence-electron chi connectivity index (χ3n) is 2.77. The van der Waals surface area contributed by atoms with E-state index >= 15 is 0 Å². The molecule has 0 aliphatic heterocycles. The first-order chi connectivity index (χ1) is 11.0. The van der Waals surface area contributed by atoms with Crippen molar-refractivity contribution in [3.8, 4) is 5.75 Å². The Kier molecular flexibility index (Phi) is 6.47. The summed E-state index contributed by atoms with van der Waals surface area (Å²) in [7, 11) is 0. The van der Waals surface area contributed by atoms with Crippen LogP contribution in [0.5, 0.6) is 5.75 Å². The minimum Gasteiger partial charge on any atom is -0.489 e. The molecule has 23 heavy (non-hydrogen) atoms. The Morgan fingerprint density at radius 3 is 2.70 bits per heavy atom. The third kappa shape index (κ3) is 5.25. The van der Waals surface area contributed by atoms with Gasteiger partial charge >= 0.3 is 0 Å². The van der Waals surface area contributed by atoms with Crippen molar-refractivity contribution >= 4 is 58.3 Å². The molecule has 120 valence electrons. The molecule has 4 nitrogen and oxygen atoms in total. The summed E-state index contributed by atoms with van der Waals surface area (Å²) in [6.45, 7) is 0.198. The molecule has 0 fully saturated rings. The summed E-state index contributed by atoms with van der Waals surface area (Å²) < 4.78 is 5.72. The first-order valence-electron chi connectivity index (χ1n) is 6.41. The second-order valence-electron chi connectivity index (χ2n) is 4.42. The number of ether oxygens (including phenoxy) is 1. The molecule has 0 aliphatic carbocycles. The van der Waals surface area contributed by atoms with Crippen molar-refractivity contribution < 1.29 is 4.74 Å². The molecular weight excluding hydrogens is 377 g/mol. The lowest BCUT2D eigenvalue weighted by molar-refractivity contribution is 0.306. The first-order valence-corrected chi connectivity index (χ1v) is 7.95. The Labute approximate surface area is 154 Å². The van der Waals surface area contributed by atoms with E-state index in [0.717, 1.165) is 5.56 Å². The van der Waals surface area contributed by atoms with Gasteiger partial charge < -0.3 is 10.5 Å². The average molecular weight is 389 g/mol. The predicted molar refractivity (Wildman–Crippen MR) is 99.8 cm³/mol. The van der Waals surface area contributed by atoms with Gasteiger partial charge in [-0.3, -0.25) is 5.43 Å². The highest BCUT2D eigenvalue weighted by Crippen LogP contribution is 2.32. The van der Waals surface area contributed by atoms with Crippen LogP contribution in [0.1, 0.15) is 11.1 Å². The van der Waals surface area contributed by atoms with Gasteiger partial charge in [-0.05, 0) is 42.0 Å². The van der Waals surface area contributed by atoms with Crippen LogP contribution in [0.3, 0.4) is 0 Å². The summed E-state index contributed by atoms with van der Waals surface area (Å²) >= 11 is 22.9. The van der Waals surface area contributed by atoms with E-state index in [1.807, 2.05) is 18.2 Å². The van der Waals surface area contributed by atoms with Crippen LogP contribution in [-0.2, 0) is 6.61 Å². The molecule has 0 spiro atoms. The topological polar surface area (TPSA) is 59.6 Å². The number of nitrogens with two attached hydrogens (primary N) is 1. The Morgan fingerprint density at radius 1 is 1.22 bits per heavy atom. The molecule has 0 aromatic heterocycles. The Morgan fingerprint density at radius 2 is 1.96 bits per heavy atom. The molecule has 2 aromatic carbocycles. The van der Waals surface area contributed by atoms with Gasteiger partial charge in [0.1, 0.15) is 12.4 Å². The molecular formula is C15H12Cl3N3OS. The number of halogens is 3. The van der Waals surface area contributed by atoms with Crippen molar-refractivity contribution in [2.45, 2.75) is 6.61 Å². The molecule has 8 heteroatoms. The van der Waals surface area contributed by atoms with Crippen LogP contribution in [0.25, 0.3) is 0 Å². The minimum absolute atomic E-state index is 0.0962. The molecule has 2 rings (SSSR count). The fraction of sp³-hybridized carbons (Fsp3) is 0.0667. The van der Waals surface area contributed by atoms with Gasteiger partial charge in [0.05, 0.1) is 16.3 Å². The van der Waals surface area contributed by atoms with Gasteiger partial charge in [0, 0.05) is 10.6 Å². The molecule has 0 atom stereocenters. The van der Waals surface area contributed by atoms with E-state index < -0.39 is 0 Å². The van der Waals surface area contributed by atoms with Crippen LogP contribution < -0.4 is 15.9 Å². The number of hydrogen-bond donors (Lipinski definition) is 2. The van der Waals surface area contributed by atoms with Gasteiger partial charge in [0.15, 0.2) is 5.11 Å². The van der Waals surface area contributed by atoms with E-state index in [1.165, 1.54) is 0 Å². The fourth-order valence-corrected chi connectivity index (χ4v) is 2.42. The summed E-state index contributed by atoms with van der Waals surface area (Å²) in [5.41, 5.74) is 9.21. The summed E-state index contributed by atoms with van der Waals surface area (Å²) in [6.07, 6.45) is 1.57. The number of hydrogen-bond acceptors (Lipinski definition) is 3. The highest BCUT2D eigenvalue weighted by molar-refractivity contribution is 7.80. The molecule has 0 saturated heterocycles. The van der Waals surface area contributed by atoms with Gasteiger partial charge in [-0.25, -0.2) is 0 Å². The molecule has 0 bridgehead atoms. The van der Waals surface area contributed by atoms with Crippen LogP contribution in [0, 0.1) is 0 Å². The number of rotatable bonds is 5. The van der Waals surface area contributed by atoms with E-state index in [-0.39, 0.29) is 11.7 Å². The molecule has 3 N–H and O–H groups in total. The lowest BCUT2D eigenvalue weighted by Crippen LogP contribution is -2.23. The quantitative estimate of drug-likeness (QED) is 0.345. The van der Waals surface area contributed by atoms with Crippen LogP contribution >= 0.6 is 47.0 Å². The zero-order valence-electron chi connectivity index (χ0n) is 11.7. The summed E-state index contributed by atoms with van der Waals surface area (Å²) in [5, 5.41) is 5.29. The second-order valence-corrected chi connectivity index (χ2v) is 6.05. The molecule has 0 amide bonds. The van der Waals surface area contributed by atoms with Crippen molar-refractivity contribution in [3.05, 3.63) is 62.6 Å². The molecule has 0 radical (unpaired) electrons. The maximum atomic E-state index is 6.14. The minimum atomic E-state index is 0.0962. The average Bonchev–Trinajstić information content (AvgIpc) is 2.51. The van der Waals surface area contributed by atoms with Crippen molar-refractivity contribution in [3.63, 3.8) is 0 Å². The zero-order valence-corrected chi connectivity index (χ0v) is 14.8. The first kappa shape index (κ1) is 17.8. The lowest BCUT2D eigenvalue weighted by atomic mass is 10.2. The van der Waals surface area contributed by atoms with Crippen molar-refractivity contribution in [1.82, 2.24) is 5.43 Å².